The highest BCUT2D eigenvalue weighted by atomic mass is 32.1. The van der Waals surface area contributed by atoms with Crippen molar-refractivity contribution in [2.24, 2.45) is 0 Å². The number of ketones is 1. The van der Waals surface area contributed by atoms with Gasteiger partial charge in [0.15, 0.2) is 11.6 Å². The van der Waals surface area contributed by atoms with Gasteiger partial charge in [-0.3, -0.25) is 4.79 Å². The molecule has 0 fully saturated rings. The number of anilines is 2. The lowest BCUT2D eigenvalue weighted by atomic mass is 10.3. The molecule has 0 aliphatic heterocycles. The highest BCUT2D eigenvalue weighted by Gasteiger charge is 2.11. The molecule has 0 atom stereocenters. The molecule has 0 amide bonds. The molecule has 0 bridgehead atoms. The number of nitrogen functional groups attached to an aromatic ring is 1. The second-order valence-electron chi connectivity index (χ2n) is 3.54. The first kappa shape index (κ1) is 11.6. The first-order valence-corrected chi connectivity index (χ1v) is 5.81. The molecule has 2 aromatic rings. The Bertz CT molecular complexity index is 546. The minimum atomic E-state index is -0.0332. The zero-order valence-electron chi connectivity index (χ0n) is 9.48. The Morgan fingerprint density at radius 3 is 2.94 bits per heavy atom. The molecule has 6 nitrogen and oxygen atoms in total. The fourth-order valence-electron chi connectivity index (χ4n) is 1.34. The number of rotatable bonds is 4. The van der Waals surface area contributed by atoms with E-state index in [0.717, 1.165) is 5.00 Å². The van der Waals surface area contributed by atoms with Gasteiger partial charge < -0.3 is 15.6 Å². The van der Waals surface area contributed by atoms with Crippen molar-refractivity contribution in [3.05, 3.63) is 22.7 Å². The Morgan fingerprint density at radius 2 is 2.41 bits per heavy atom. The molecule has 17 heavy (non-hydrogen) atoms. The molecule has 0 spiro atoms. The minimum absolute atomic E-state index is 0.0332. The van der Waals surface area contributed by atoms with Crippen LogP contribution in [-0.2, 0) is 6.54 Å². The number of aromatic nitrogens is 2. The molecule has 0 unspecified atom stereocenters. The zero-order valence-corrected chi connectivity index (χ0v) is 10.3. The second kappa shape index (κ2) is 4.54. The van der Waals surface area contributed by atoms with Crippen LogP contribution in [0.3, 0.4) is 0 Å². The van der Waals surface area contributed by atoms with Crippen molar-refractivity contribution in [1.82, 2.24) is 10.1 Å². The van der Waals surface area contributed by atoms with E-state index >= 15 is 0 Å². The monoisotopic (exact) mass is 252 g/mol. The molecule has 0 saturated heterocycles. The fraction of sp³-hybridized carbons (Fsp3) is 0.300. The van der Waals surface area contributed by atoms with Gasteiger partial charge in [-0.15, -0.1) is 11.3 Å². The third-order valence-electron chi connectivity index (χ3n) is 2.06. The average Bonchev–Trinajstić information content (AvgIpc) is 2.82. The Balaban J connectivity index is 2.04. The van der Waals surface area contributed by atoms with E-state index in [4.69, 9.17) is 10.3 Å². The molecular weight excluding hydrogens is 240 g/mol. The fourth-order valence-corrected chi connectivity index (χ4v) is 2.21. The average molecular weight is 252 g/mol. The second-order valence-corrected chi connectivity index (χ2v) is 4.59. The molecule has 0 radical (unpaired) electrons. The van der Waals surface area contributed by atoms with Gasteiger partial charge in [0, 0.05) is 6.92 Å². The number of Topliss-reactive ketones (excluding diaryl/α,β-unsaturated/α-hetero) is 1. The largest absolute Gasteiger partial charge is 0.397 e. The van der Waals surface area contributed by atoms with E-state index in [0.29, 0.717) is 28.8 Å². The Hall–Kier alpha value is -1.89. The van der Waals surface area contributed by atoms with Crippen molar-refractivity contribution in [2.45, 2.75) is 20.4 Å². The van der Waals surface area contributed by atoms with Crippen LogP contribution in [0.2, 0.25) is 0 Å². The topological polar surface area (TPSA) is 94.0 Å². The molecule has 7 heteroatoms. The van der Waals surface area contributed by atoms with Crippen molar-refractivity contribution in [3.8, 4) is 0 Å². The highest BCUT2D eigenvalue weighted by molar-refractivity contribution is 7.18. The number of carbonyl (C=O) groups excluding carboxylic acids is 1. The maximum atomic E-state index is 11.2. The summed E-state index contributed by atoms with van der Waals surface area (Å²) in [6.07, 6.45) is 0. The predicted octanol–water partition coefficient (Wildman–Crippen LogP) is 1.84. The molecule has 0 aromatic carbocycles. The number of thiophene rings is 1. The van der Waals surface area contributed by atoms with E-state index < -0.39 is 0 Å². The first-order chi connectivity index (χ1) is 8.06. The number of hydrogen-bond acceptors (Lipinski definition) is 7. The van der Waals surface area contributed by atoms with E-state index in [1.54, 1.807) is 13.0 Å². The summed E-state index contributed by atoms with van der Waals surface area (Å²) in [5.41, 5.74) is 6.21. The summed E-state index contributed by atoms with van der Waals surface area (Å²) < 4.78 is 4.95. The Morgan fingerprint density at radius 1 is 1.65 bits per heavy atom. The van der Waals surface area contributed by atoms with Gasteiger partial charge in [0.1, 0.15) is 0 Å². The highest BCUT2D eigenvalue weighted by Crippen LogP contribution is 2.29. The van der Waals surface area contributed by atoms with Gasteiger partial charge in [0.2, 0.25) is 5.89 Å². The van der Waals surface area contributed by atoms with Crippen LogP contribution in [0.15, 0.2) is 10.6 Å². The van der Waals surface area contributed by atoms with E-state index in [1.165, 1.54) is 18.3 Å². The zero-order chi connectivity index (χ0) is 12.4. The Kier molecular flexibility index (Phi) is 3.10. The SMILES string of the molecule is CC(=O)c1sc(NCc2nc(C)no2)cc1N. The summed E-state index contributed by atoms with van der Waals surface area (Å²) in [6.45, 7) is 3.66. The van der Waals surface area contributed by atoms with Crippen LogP contribution >= 0.6 is 11.3 Å². The summed E-state index contributed by atoms with van der Waals surface area (Å²) in [7, 11) is 0. The van der Waals surface area contributed by atoms with Gasteiger partial charge in [0.05, 0.1) is 22.1 Å². The lowest BCUT2D eigenvalue weighted by Crippen LogP contribution is -1.97. The van der Waals surface area contributed by atoms with E-state index in [1.807, 2.05) is 0 Å². The van der Waals surface area contributed by atoms with Crippen LogP contribution in [0.4, 0.5) is 10.7 Å². The number of nitrogens with two attached hydrogens (primary N) is 1. The molecule has 2 rings (SSSR count). The van der Waals surface area contributed by atoms with Crippen LogP contribution < -0.4 is 11.1 Å². The van der Waals surface area contributed by atoms with Crippen molar-refractivity contribution in [3.63, 3.8) is 0 Å². The lowest BCUT2D eigenvalue weighted by molar-refractivity contribution is 0.102. The molecule has 3 N–H and O–H groups in total. The quantitative estimate of drug-likeness (QED) is 0.806. The number of carbonyl (C=O) groups is 1. The molecule has 0 aliphatic carbocycles. The number of hydrogen-bond donors (Lipinski definition) is 2. The molecule has 0 aliphatic rings. The lowest BCUT2D eigenvalue weighted by Gasteiger charge is -1.97. The van der Waals surface area contributed by atoms with Crippen LogP contribution in [0, 0.1) is 6.92 Å². The third kappa shape index (κ3) is 2.62. The van der Waals surface area contributed by atoms with Crippen molar-refractivity contribution < 1.29 is 9.32 Å². The number of nitrogens with zero attached hydrogens (tertiary/aromatic N) is 2. The van der Waals surface area contributed by atoms with Crippen LogP contribution in [0.5, 0.6) is 0 Å². The normalized spacial score (nSPS) is 10.5. The summed E-state index contributed by atoms with van der Waals surface area (Å²) in [5.74, 6) is 1.06. The minimum Gasteiger partial charge on any atom is -0.397 e. The van der Waals surface area contributed by atoms with Crippen LogP contribution in [0.25, 0.3) is 0 Å². The van der Waals surface area contributed by atoms with Gasteiger partial charge in [-0.25, -0.2) is 0 Å². The van der Waals surface area contributed by atoms with Gasteiger partial charge in [-0.1, -0.05) is 5.16 Å². The summed E-state index contributed by atoms with van der Waals surface area (Å²) >= 11 is 1.32. The standard InChI is InChI=1S/C10H12N4O2S/c1-5(15)10-7(11)3-9(17-10)12-4-8-13-6(2)14-16-8/h3,12H,4,11H2,1-2H3. The number of nitrogens with one attached hydrogen (secondary N) is 1. The third-order valence-corrected chi connectivity index (χ3v) is 3.27. The molecule has 0 saturated carbocycles. The molecule has 2 aromatic heterocycles. The summed E-state index contributed by atoms with van der Waals surface area (Å²) in [4.78, 5) is 15.8. The van der Waals surface area contributed by atoms with E-state index in [9.17, 15) is 4.79 Å². The Labute approximate surface area is 102 Å². The molecule has 90 valence electrons. The maximum absolute atomic E-state index is 11.2. The predicted molar refractivity (Wildman–Crippen MR) is 65.1 cm³/mol. The van der Waals surface area contributed by atoms with Crippen LogP contribution in [-0.4, -0.2) is 15.9 Å². The van der Waals surface area contributed by atoms with Gasteiger partial charge in [-0.2, -0.15) is 4.98 Å². The smallest absolute Gasteiger partial charge is 0.245 e. The first-order valence-electron chi connectivity index (χ1n) is 4.99. The summed E-state index contributed by atoms with van der Waals surface area (Å²) in [5, 5.41) is 7.57. The van der Waals surface area contributed by atoms with Gasteiger partial charge in [-0.05, 0) is 13.0 Å². The number of aryl methyl sites for hydroxylation is 1. The maximum Gasteiger partial charge on any atom is 0.245 e. The molecule has 2 heterocycles. The van der Waals surface area contributed by atoms with Gasteiger partial charge in [0.25, 0.3) is 0 Å². The van der Waals surface area contributed by atoms with E-state index in [-0.39, 0.29) is 5.78 Å². The van der Waals surface area contributed by atoms with Crippen molar-refractivity contribution >= 4 is 27.8 Å². The van der Waals surface area contributed by atoms with Crippen molar-refractivity contribution in [1.29, 1.82) is 0 Å². The van der Waals surface area contributed by atoms with Crippen LogP contribution in [0.1, 0.15) is 28.3 Å². The summed E-state index contributed by atoms with van der Waals surface area (Å²) in [6, 6.07) is 1.73. The van der Waals surface area contributed by atoms with Crippen molar-refractivity contribution in [2.75, 3.05) is 11.1 Å². The van der Waals surface area contributed by atoms with E-state index in [2.05, 4.69) is 15.5 Å². The van der Waals surface area contributed by atoms with Gasteiger partial charge >= 0.3 is 0 Å². The molecular formula is C10H12N4O2S.